The summed E-state index contributed by atoms with van der Waals surface area (Å²) in [6.07, 6.45) is -4.38. The highest BCUT2D eigenvalue weighted by molar-refractivity contribution is 5.18. The van der Waals surface area contributed by atoms with Gasteiger partial charge in [-0.1, -0.05) is 37.3 Å². The first-order valence-electron chi connectivity index (χ1n) is 4.78. The van der Waals surface area contributed by atoms with Gasteiger partial charge in [-0.3, -0.25) is 0 Å². The van der Waals surface area contributed by atoms with Gasteiger partial charge in [0.2, 0.25) is 0 Å². The van der Waals surface area contributed by atoms with Gasteiger partial charge in [-0.05, 0) is 17.9 Å². The molecule has 0 aromatic heterocycles. The first-order valence-corrected chi connectivity index (χ1v) is 4.78. The van der Waals surface area contributed by atoms with E-state index >= 15 is 0 Å². The van der Waals surface area contributed by atoms with Crippen molar-refractivity contribution < 1.29 is 13.2 Å². The van der Waals surface area contributed by atoms with Crippen LogP contribution in [0.1, 0.15) is 24.8 Å². The average Bonchev–Trinajstić information content (AvgIpc) is 2.17. The van der Waals surface area contributed by atoms with Crippen LogP contribution in [-0.4, -0.2) is 12.2 Å². The second kappa shape index (κ2) is 4.66. The van der Waals surface area contributed by atoms with Crippen LogP contribution in [0.4, 0.5) is 13.2 Å². The van der Waals surface area contributed by atoms with Gasteiger partial charge in [-0.25, -0.2) is 0 Å². The maximum absolute atomic E-state index is 12.2. The molecule has 0 aliphatic carbocycles. The molecule has 1 aromatic rings. The quantitative estimate of drug-likeness (QED) is 0.827. The van der Waals surface area contributed by atoms with Crippen LogP contribution in [0.2, 0.25) is 0 Å². The summed E-state index contributed by atoms with van der Waals surface area (Å²) in [5, 5.41) is 0. The average molecular weight is 217 g/mol. The fourth-order valence-electron chi connectivity index (χ4n) is 1.43. The van der Waals surface area contributed by atoms with Crippen LogP contribution in [0.5, 0.6) is 0 Å². The Bertz CT molecular complexity index is 294. The number of halogens is 3. The van der Waals surface area contributed by atoms with Crippen LogP contribution in [0, 0.1) is 0 Å². The fourth-order valence-corrected chi connectivity index (χ4v) is 1.43. The molecule has 2 N–H and O–H groups in total. The number of rotatable bonds is 3. The predicted molar refractivity (Wildman–Crippen MR) is 53.5 cm³/mol. The lowest BCUT2D eigenvalue weighted by Gasteiger charge is -2.19. The van der Waals surface area contributed by atoms with Gasteiger partial charge < -0.3 is 5.73 Å². The summed E-state index contributed by atoms with van der Waals surface area (Å²) in [6.45, 7) is 1.75. The third kappa shape index (κ3) is 3.55. The SMILES string of the molecule is CC(CC(N)C(F)(F)F)c1ccccc1. The van der Waals surface area contributed by atoms with E-state index in [0.29, 0.717) is 0 Å². The molecule has 84 valence electrons. The number of alkyl halides is 3. The van der Waals surface area contributed by atoms with Gasteiger partial charge >= 0.3 is 6.18 Å². The van der Waals surface area contributed by atoms with Crippen LogP contribution in [-0.2, 0) is 0 Å². The van der Waals surface area contributed by atoms with Crippen molar-refractivity contribution in [3.63, 3.8) is 0 Å². The molecule has 1 aromatic carbocycles. The molecule has 0 saturated carbocycles. The summed E-state index contributed by atoms with van der Waals surface area (Å²) in [5.74, 6) is -0.178. The van der Waals surface area contributed by atoms with Crippen LogP contribution in [0.15, 0.2) is 30.3 Å². The van der Waals surface area contributed by atoms with E-state index in [0.717, 1.165) is 5.56 Å². The molecule has 1 nitrogen and oxygen atoms in total. The molecule has 0 aliphatic rings. The van der Waals surface area contributed by atoms with E-state index in [4.69, 9.17) is 5.73 Å². The zero-order valence-corrected chi connectivity index (χ0v) is 8.46. The summed E-state index contributed by atoms with van der Waals surface area (Å²) < 4.78 is 36.6. The van der Waals surface area contributed by atoms with Crippen molar-refractivity contribution in [3.05, 3.63) is 35.9 Å². The first-order chi connectivity index (χ1) is 6.91. The van der Waals surface area contributed by atoms with Gasteiger partial charge in [-0.2, -0.15) is 13.2 Å². The standard InChI is InChI=1S/C11H14F3N/c1-8(7-10(15)11(12,13)14)9-5-3-2-4-6-9/h2-6,8,10H,7,15H2,1H3. The second-order valence-corrected chi connectivity index (χ2v) is 3.70. The summed E-state index contributed by atoms with van der Waals surface area (Å²) in [5.41, 5.74) is 5.95. The Morgan fingerprint density at radius 3 is 2.20 bits per heavy atom. The molecule has 1 rings (SSSR count). The maximum atomic E-state index is 12.2. The minimum atomic E-state index is -4.30. The summed E-state index contributed by atoms with van der Waals surface area (Å²) in [7, 11) is 0. The van der Waals surface area contributed by atoms with E-state index in [1.165, 1.54) is 0 Å². The lowest BCUT2D eigenvalue weighted by molar-refractivity contribution is -0.149. The summed E-state index contributed by atoms with van der Waals surface area (Å²) in [6, 6.07) is 7.34. The Morgan fingerprint density at radius 2 is 1.73 bits per heavy atom. The number of hydrogen-bond donors (Lipinski definition) is 1. The number of benzene rings is 1. The lowest BCUT2D eigenvalue weighted by atomic mass is 9.94. The molecule has 0 radical (unpaired) electrons. The maximum Gasteiger partial charge on any atom is 0.403 e. The number of nitrogens with two attached hydrogens (primary N) is 1. The third-order valence-electron chi connectivity index (χ3n) is 2.40. The number of hydrogen-bond acceptors (Lipinski definition) is 1. The Kier molecular flexibility index (Phi) is 3.74. The monoisotopic (exact) mass is 217 g/mol. The Balaban J connectivity index is 2.61. The Morgan fingerprint density at radius 1 is 1.20 bits per heavy atom. The topological polar surface area (TPSA) is 26.0 Å². The van der Waals surface area contributed by atoms with Gasteiger partial charge in [0.1, 0.15) is 6.04 Å². The fraction of sp³-hybridized carbons (Fsp3) is 0.455. The molecular weight excluding hydrogens is 203 g/mol. The smallest absolute Gasteiger partial charge is 0.320 e. The van der Waals surface area contributed by atoms with Crippen molar-refractivity contribution >= 4 is 0 Å². The Hall–Kier alpha value is -1.03. The van der Waals surface area contributed by atoms with Crippen LogP contribution in [0.3, 0.4) is 0 Å². The summed E-state index contributed by atoms with van der Waals surface area (Å²) in [4.78, 5) is 0. The zero-order chi connectivity index (χ0) is 11.5. The van der Waals surface area contributed by atoms with Crippen molar-refractivity contribution in [1.29, 1.82) is 0 Å². The van der Waals surface area contributed by atoms with Crippen molar-refractivity contribution in [1.82, 2.24) is 0 Å². The molecule has 0 aliphatic heterocycles. The molecular formula is C11H14F3N. The molecule has 2 atom stereocenters. The van der Waals surface area contributed by atoms with Crippen molar-refractivity contribution in [3.8, 4) is 0 Å². The molecule has 15 heavy (non-hydrogen) atoms. The molecule has 2 unspecified atom stereocenters. The van der Waals surface area contributed by atoms with Gasteiger partial charge in [0.15, 0.2) is 0 Å². The molecule has 0 heterocycles. The highest BCUT2D eigenvalue weighted by Gasteiger charge is 2.37. The predicted octanol–water partition coefficient (Wildman–Crippen LogP) is 3.07. The van der Waals surface area contributed by atoms with Gasteiger partial charge in [0.05, 0.1) is 0 Å². The van der Waals surface area contributed by atoms with Crippen LogP contribution in [0.25, 0.3) is 0 Å². The highest BCUT2D eigenvalue weighted by Crippen LogP contribution is 2.27. The van der Waals surface area contributed by atoms with E-state index in [1.54, 1.807) is 6.92 Å². The molecule has 0 spiro atoms. The van der Waals surface area contributed by atoms with Crippen molar-refractivity contribution in [2.45, 2.75) is 31.5 Å². The molecule has 4 heteroatoms. The molecule has 0 fully saturated rings. The molecule has 0 saturated heterocycles. The minimum Gasteiger partial charge on any atom is -0.320 e. The van der Waals surface area contributed by atoms with Crippen molar-refractivity contribution in [2.75, 3.05) is 0 Å². The van der Waals surface area contributed by atoms with Gasteiger partial charge in [0, 0.05) is 0 Å². The third-order valence-corrected chi connectivity index (χ3v) is 2.40. The highest BCUT2D eigenvalue weighted by atomic mass is 19.4. The van der Waals surface area contributed by atoms with Gasteiger partial charge in [0.25, 0.3) is 0 Å². The second-order valence-electron chi connectivity index (χ2n) is 3.70. The van der Waals surface area contributed by atoms with E-state index in [9.17, 15) is 13.2 Å². The van der Waals surface area contributed by atoms with Gasteiger partial charge in [-0.15, -0.1) is 0 Å². The largest absolute Gasteiger partial charge is 0.403 e. The van der Waals surface area contributed by atoms with E-state index in [1.807, 2.05) is 30.3 Å². The molecule has 0 bridgehead atoms. The van der Waals surface area contributed by atoms with E-state index < -0.39 is 12.2 Å². The van der Waals surface area contributed by atoms with Crippen LogP contribution >= 0.6 is 0 Å². The zero-order valence-electron chi connectivity index (χ0n) is 8.46. The first kappa shape index (κ1) is 12.0. The van der Waals surface area contributed by atoms with E-state index in [-0.39, 0.29) is 12.3 Å². The lowest BCUT2D eigenvalue weighted by Crippen LogP contribution is -2.38. The summed E-state index contributed by atoms with van der Waals surface area (Å²) >= 11 is 0. The van der Waals surface area contributed by atoms with E-state index in [2.05, 4.69) is 0 Å². The minimum absolute atomic E-state index is 0.0759. The molecule has 0 amide bonds. The van der Waals surface area contributed by atoms with Crippen molar-refractivity contribution in [2.24, 2.45) is 5.73 Å². The van der Waals surface area contributed by atoms with Crippen LogP contribution < -0.4 is 5.73 Å². The Labute approximate surface area is 87.1 Å². The normalized spacial score (nSPS) is 16.1.